The van der Waals surface area contributed by atoms with Crippen molar-refractivity contribution in [2.75, 3.05) is 26.7 Å². The molecule has 0 radical (unpaired) electrons. The monoisotopic (exact) mass is 360 g/mol. The maximum atomic E-state index is 12.2. The van der Waals surface area contributed by atoms with Gasteiger partial charge in [0.25, 0.3) is 0 Å². The number of nitrogens with one attached hydrogen (secondary N) is 3. The molecule has 3 N–H and O–H groups in total. The van der Waals surface area contributed by atoms with E-state index in [-0.39, 0.29) is 24.3 Å². The van der Waals surface area contributed by atoms with Gasteiger partial charge in [-0.05, 0) is 39.2 Å². The average molecular weight is 361 g/mol. The highest BCUT2D eigenvalue weighted by Gasteiger charge is 2.22. The lowest BCUT2D eigenvalue weighted by molar-refractivity contribution is -0.132. The number of piperidine rings is 1. The molecular weight excluding hydrogens is 328 g/mol. The van der Waals surface area contributed by atoms with Crippen LogP contribution in [0, 0.1) is 0 Å². The van der Waals surface area contributed by atoms with Crippen molar-refractivity contribution < 1.29 is 9.59 Å². The van der Waals surface area contributed by atoms with Crippen LogP contribution in [0.2, 0.25) is 0 Å². The van der Waals surface area contributed by atoms with E-state index in [1.807, 2.05) is 11.9 Å². The zero-order valence-electron chi connectivity index (χ0n) is 14.8. The molecule has 1 aliphatic carbocycles. The fourth-order valence-electron chi connectivity index (χ4n) is 3.52. The number of amides is 3. The van der Waals surface area contributed by atoms with Crippen LogP contribution in [0.3, 0.4) is 0 Å². The Morgan fingerprint density at radius 2 is 1.75 bits per heavy atom. The topological polar surface area (TPSA) is 73.5 Å². The molecule has 2 fully saturated rings. The number of halogens is 1. The van der Waals surface area contributed by atoms with Gasteiger partial charge in [0.1, 0.15) is 0 Å². The van der Waals surface area contributed by atoms with Gasteiger partial charge in [-0.25, -0.2) is 4.79 Å². The van der Waals surface area contributed by atoms with E-state index in [1.165, 1.54) is 19.3 Å². The Labute approximate surface area is 151 Å². The minimum absolute atomic E-state index is 0. The third-order valence-electron chi connectivity index (χ3n) is 4.98. The van der Waals surface area contributed by atoms with Gasteiger partial charge in [-0.2, -0.15) is 0 Å². The molecule has 1 heterocycles. The van der Waals surface area contributed by atoms with Crippen molar-refractivity contribution in [1.29, 1.82) is 0 Å². The summed E-state index contributed by atoms with van der Waals surface area (Å²) in [6.07, 6.45) is 9.32. The molecule has 3 amide bonds. The van der Waals surface area contributed by atoms with E-state index in [1.54, 1.807) is 0 Å². The van der Waals surface area contributed by atoms with Crippen molar-refractivity contribution in [2.24, 2.45) is 0 Å². The molecule has 0 aromatic carbocycles. The summed E-state index contributed by atoms with van der Waals surface area (Å²) in [5.41, 5.74) is 0. The van der Waals surface area contributed by atoms with Crippen molar-refractivity contribution in [3.05, 3.63) is 0 Å². The molecule has 0 spiro atoms. The molecule has 0 aromatic rings. The summed E-state index contributed by atoms with van der Waals surface area (Å²) in [7, 11) is 1.95. The molecule has 7 heteroatoms. The number of rotatable bonds is 6. The van der Waals surface area contributed by atoms with Crippen LogP contribution in [-0.4, -0.2) is 55.6 Å². The Balaban J connectivity index is 0.00000288. The largest absolute Gasteiger partial charge is 0.341 e. The average Bonchev–Trinajstić information content (AvgIpc) is 2.59. The van der Waals surface area contributed by atoms with Gasteiger partial charge in [0.05, 0.1) is 0 Å². The Hall–Kier alpha value is -1.01. The summed E-state index contributed by atoms with van der Waals surface area (Å²) in [6, 6.07) is 0.668. The van der Waals surface area contributed by atoms with Crippen LogP contribution in [0.4, 0.5) is 4.79 Å². The van der Waals surface area contributed by atoms with Gasteiger partial charge in [0, 0.05) is 38.1 Å². The third kappa shape index (κ3) is 7.26. The number of likely N-dealkylation sites (tertiary alicyclic amines) is 1. The van der Waals surface area contributed by atoms with Crippen LogP contribution in [0.5, 0.6) is 0 Å². The Bertz CT molecular complexity index is 389. The standard InChI is InChI=1S/C17H32N4O2.ClH/c1-18-15-9-6-12-21(13-15)16(22)10-5-11-19-17(23)20-14-7-3-2-4-8-14;/h14-15,18H,2-13H2,1H3,(H2,19,20,23);1H. The van der Waals surface area contributed by atoms with E-state index in [2.05, 4.69) is 16.0 Å². The molecule has 0 aromatic heterocycles. The number of nitrogens with zero attached hydrogens (tertiary/aromatic N) is 1. The second-order valence-corrected chi connectivity index (χ2v) is 6.81. The fraction of sp³-hybridized carbons (Fsp3) is 0.882. The van der Waals surface area contributed by atoms with E-state index in [4.69, 9.17) is 0 Å². The molecule has 1 saturated carbocycles. The van der Waals surface area contributed by atoms with Crippen molar-refractivity contribution in [2.45, 2.75) is 69.9 Å². The second-order valence-electron chi connectivity index (χ2n) is 6.81. The minimum Gasteiger partial charge on any atom is -0.341 e. The predicted octanol–water partition coefficient (Wildman–Crippen LogP) is 2.03. The first kappa shape index (κ1) is 21.0. The third-order valence-corrected chi connectivity index (χ3v) is 4.98. The van der Waals surface area contributed by atoms with Crippen LogP contribution < -0.4 is 16.0 Å². The van der Waals surface area contributed by atoms with Gasteiger partial charge in [-0.1, -0.05) is 19.3 Å². The van der Waals surface area contributed by atoms with Crippen molar-refractivity contribution in [3.63, 3.8) is 0 Å². The van der Waals surface area contributed by atoms with E-state index in [0.29, 0.717) is 31.5 Å². The smallest absolute Gasteiger partial charge is 0.315 e. The molecule has 1 aliphatic heterocycles. The molecule has 0 bridgehead atoms. The highest BCUT2D eigenvalue weighted by molar-refractivity contribution is 5.85. The lowest BCUT2D eigenvalue weighted by Crippen LogP contribution is -2.47. The van der Waals surface area contributed by atoms with Crippen molar-refractivity contribution >= 4 is 24.3 Å². The van der Waals surface area contributed by atoms with Crippen LogP contribution in [-0.2, 0) is 4.79 Å². The summed E-state index contributed by atoms with van der Waals surface area (Å²) in [5, 5.41) is 9.16. The molecule has 1 unspecified atom stereocenters. The van der Waals surface area contributed by atoms with Gasteiger partial charge in [0.15, 0.2) is 0 Å². The molecule has 24 heavy (non-hydrogen) atoms. The van der Waals surface area contributed by atoms with Crippen LogP contribution in [0.1, 0.15) is 57.8 Å². The zero-order valence-corrected chi connectivity index (χ0v) is 15.6. The van der Waals surface area contributed by atoms with Gasteiger partial charge in [0.2, 0.25) is 5.91 Å². The minimum atomic E-state index is -0.0856. The summed E-state index contributed by atoms with van der Waals surface area (Å²) in [6.45, 7) is 2.24. The first-order chi connectivity index (χ1) is 11.2. The first-order valence-electron chi connectivity index (χ1n) is 9.18. The summed E-state index contributed by atoms with van der Waals surface area (Å²) in [5.74, 6) is 0.208. The molecule has 1 saturated heterocycles. The number of likely N-dealkylation sites (N-methyl/N-ethyl adjacent to an activating group) is 1. The van der Waals surface area contributed by atoms with Crippen LogP contribution >= 0.6 is 12.4 Å². The van der Waals surface area contributed by atoms with Gasteiger partial charge >= 0.3 is 6.03 Å². The SMILES string of the molecule is CNC1CCCN(C(=O)CCCNC(=O)NC2CCCCC2)C1.Cl. The lowest BCUT2D eigenvalue weighted by Gasteiger charge is -2.32. The molecule has 6 nitrogen and oxygen atoms in total. The quantitative estimate of drug-likeness (QED) is 0.634. The molecule has 140 valence electrons. The molecular formula is C17H33ClN4O2. The number of carbonyl (C=O) groups excluding carboxylic acids is 2. The van der Waals surface area contributed by atoms with Gasteiger partial charge in [-0.15, -0.1) is 12.4 Å². The van der Waals surface area contributed by atoms with E-state index >= 15 is 0 Å². The van der Waals surface area contributed by atoms with Crippen molar-refractivity contribution in [1.82, 2.24) is 20.9 Å². The Morgan fingerprint density at radius 3 is 2.46 bits per heavy atom. The number of urea groups is 1. The molecule has 1 atom stereocenters. The molecule has 2 rings (SSSR count). The highest BCUT2D eigenvalue weighted by Crippen LogP contribution is 2.17. The fourth-order valence-corrected chi connectivity index (χ4v) is 3.52. The number of hydrogen-bond donors (Lipinski definition) is 3. The van der Waals surface area contributed by atoms with Gasteiger partial charge in [-0.3, -0.25) is 4.79 Å². The summed E-state index contributed by atoms with van der Waals surface area (Å²) < 4.78 is 0. The maximum Gasteiger partial charge on any atom is 0.315 e. The van der Waals surface area contributed by atoms with E-state index in [0.717, 1.165) is 38.8 Å². The van der Waals surface area contributed by atoms with E-state index in [9.17, 15) is 9.59 Å². The summed E-state index contributed by atoms with van der Waals surface area (Å²) in [4.78, 5) is 26.0. The normalized spacial score (nSPS) is 21.7. The van der Waals surface area contributed by atoms with Crippen LogP contribution in [0.25, 0.3) is 0 Å². The number of hydrogen-bond acceptors (Lipinski definition) is 3. The predicted molar refractivity (Wildman–Crippen MR) is 98.6 cm³/mol. The zero-order chi connectivity index (χ0) is 16.5. The maximum absolute atomic E-state index is 12.2. The highest BCUT2D eigenvalue weighted by atomic mass is 35.5. The lowest BCUT2D eigenvalue weighted by atomic mass is 9.96. The summed E-state index contributed by atoms with van der Waals surface area (Å²) >= 11 is 0. The Morgan fingerprint density at radius 1 is 1.04 bits per heavy atom. The van der Waals surface area contributed by atoms with Crippen LogP contribution in [0.15, 0.2) is 0 Å². The van der Waals surface area contributed by atoms with E-state index < -0.39 is 0 Å². The second kappa shape index (κ2) is 11.5. The number of carbonyl (C=O) groups is 2. The van der Waals surface area contributed by atoms with Crippen molar-refractivity contribution in [3.8, 4) is 0 Å². The first-order valence-corrected chi connectivity index (χ1v) is 9.18. The Kier molecular flexibility index (Phi) is 10.1. The molecule has 2 aliphatic rings. The van der Waals surface area contributed by atoms with Gasteiger partial charge < -0.3 is 20.9 Å².